The number of nitrogens with zero attached hydrogens (tertiary/aromatic N) is 1. The van der Waals surface area contributed by atoms with E-state index in [9.17, 15) is 9.59 Å². The molecule has 0 spiro atoms. The number of hydrogen-bond donors (Lipinski definition) is 1. The third-order valence-corrected chi connectivity index (χ3v) is 3.57. The van der Waals surface area contributed by atoms with Crippen LogP contribution < -0.4 is 10.1 Å². The summed E-state index contributed by atoms with van der Waals surface area (Å²) < 4.78 is 10.3. The Bertz CT molecular complexity index is 580. The molecule has 0 bridgehead atoms. The van der Waals surface area contributed by atoms with Crippen LogP contribution in [0.3, 0.4) is 0 Å². The summed E-state index contributed by atoms with van der Waals surface area (Å²) >= 11 is 0. The average Bonchev–Trinajstić information content (AvgIpc) is 2.60. The van der Waals surface area contributed by atoms with Gasteiger partial charge in [-0.05, 0) is 30.7 Å². The van der Waals surface area contributed by atoms with E-state index >= 15 is 0 Å². The lowest BCUT2D eigenvalue weighted by molar-refractivity contribution is -0.138. The summed E-state index contributed by atoms with van der Waals surface area (Å²) in [6.45, 7) is 3.91. The Morgan fingerprint density at radius 1 is 1.35 bits per heavy atom. The topological polar surface area (TPSA) is 67.9 Å². The molecule has 23 heavy (non-hydrogen) atoms. The smallest absolute Gasteiger partial charge is 0.245 e. The summed E-state index contributed by atoms with van der Waals surface area (Å²) in [7, 11) is 1.59. The molecule has 1 aromatic rings. The number of benzene rings is 1. The van der Waals surface area contributed by atoms with Gasteiger partial charge in [0, 0.05) is 19.2 Å². The van der Waals surface area contributed by atoms with Gasteiger partial charge in [0.05, 0.1) is 20.3 Å². The molecule has 1 saturated heterocycles. The van der Waals surface area contributed by atoms with Crippen molar-refractivity contribution < 1.29 is 19.1 Å². The molecule has 6 nitrogen and oxygen atoms in total. The highest BCUT2D eigenvalue weighted by atomic mass is 16.5. The van der Waals surface area contributed by atoms with Gasteiger partial charge in [-0.3, -0.25) is 9.59 Å². The van der Waals surface area contributed by atoms with Crippen molar-refractivity contribution in [2.45, 2.75) is 13.0 Å². The van der Waals surface area contributed by atoms with E-state index in [1.807, 2.05) is 24.3 Å². The van der Waals surface area contributed by atoms with Gasteiger partial charge in [-0.25, -0.2) is 0 Å². The third-order valence-electron chi connectivity index (χ3n) is 3.57. The van der Waals surface area contributed by atoms with Crippen molar-refractivity contribution in [2.75, 3.05) is 33.4 Å². The lowest BCUT2D eigenvalue weighted by Crippen LogP contribution is -2.50. The quantitative estimate of drug-likeness (QED) is 0.825. The summed E-state index contributed by atoms with van der Waals surface area (Å²) in [5.41, 5.74) is 0.853. The molecule has 1 aromatic carbocycles. The summed E-state index contributed by atoms with van der Waals surface area (Å²) in [4.78, 5) is 25.9. The maximum Gasteiger partial charge on any atom is 0.245 e. The lowest BCUT2D eigenvalue weighted by Gasteiger charge is -2.29. The Morgan fingerprint density at radius 2 is 2.09 bits per heavy atom. The average molecular weight is 318 g/mol. The maximum absolute atomic E-state index is 12.2. The van der Waals surface area contributed by atoms with Gasteiger partial charge in [-0.15, -0.1) is 0 Å². The number of nitrogens with one attached hydrogen (secondary N) is 1. The fourth-order valence-corrected chi connectivity index (χ4v) is 2.30. The summed E-state index contributed by atoms with van der Waals surface area (Å²) in [6.07, 6.45) is 3.10. The molecular weight excluding hydrogens is 296 g/mol. The normalized spacial score (nSPS) is 16.2. The molecule has 0 aromatic heterocycles. The van der Waals surface area contributed by atoms with Crippen molar-refractivity contribution in [1.29, 1.82) is 0 Å². The molecular formula is C17H22N2O4. The van der Waals surface area contributed by atoms with E-state index < -0.39 is 6.04 Å². The molecule has 1 N–H and O–H groups in total. The van der Waals surface area contributed by atoms with Gasteiger partial charge < -0.3 is 19.7 Å². The number of rotatable bonds is 5. The highest BCUT2D eigenvalue weighted by Gasteiger charge is 2.22. The highest BCUT2D eigenvalue weighted by Crippen LogP contribution is 2.13. The van der Waals surface area contributed by atoms with Crippen LogP contribution in [-0.2, 0) is 14.3 Å². The zero-order chi connectivity index (χ0) is 16.7. The van der Waals surface area contributed by atoms with Crippen LogP contribution in [0.2, 0.25) is 0 Å². The number of amides is 2. The predicted molar refractivity (Wildman–Crippen MR) is 87.0 cm³/mol. The molecule has 124 valence electrons. The largest absolute Gasteiger partial charge is 0.497 e. The zero-order valence-corrected chi connectivity index (χ0v) is 13.5. The predicted octanol–water partition coefficient (Wildman–Crippen LogP) is 1.07. The second-order valence-corrected chi connectivity index (χ2v) is 5.28. The van der Waals surface area contributed by atoms with Crippen LogP contribution in [0, 0.1) is 0 Å². The number of ether oxygens (including phenoxy) is 2. The van der Waals surface area contributed by atoms with Crippen LogP contribution in [-0.4, -0.2) is 56.2 Å². The molecule has 1 aliphatic heterocycles. The molecule has 0 unspecified atom stereocenters. The maximum atomic E-state index is 12.2. The van der Waals surface area contributed by atoms with Crippen molar-refractivity contribution in [3.63, 3.8) is 0 Å². The van der Waals surface area contributed by atoms with Gasteiger partial charge in [-0.2, -0.15) is 0 Å². The standard InChI is InChI=1S/C17H22N2O4/c1-13(17(21)19-8-10-23-11-9-19)18-16(20)7-6-14-4-3-5-15(12-14)22-2/h3-7,12-13H,8-11H2,1-2H3,(H,18,20)/b7-6-/t13-/m0/s1. The molecule has 1 fully saturated rings. The van der Waals surface area contributed by atoms with E-state index in [0.717, 1.165) is 11.3 Å². The first-order chi connectivity index (χ1) is 11.1. The molecule has 2 rings (SSSR count). The Morgan fingerprint density at radius 3 is 2.78 bits per heavy atom. The molecule has 1 heterocycles. The van der Waals surface area contributed by atoms with Crippen LogP contribution in [0.1, 0.15) is 12.5 Å². The molecule has 0 saturated carbocycles. The number of morpholine rings is 1. The SMILES string of the molecule is COc1cccc(/C=C\C(=O)N[C@@H](C)C(=O)N2CCOCC2)c1. The second kappa shape index (κ2) is 8.33. The zero-order valence-electron chi connectivity index (χ0n) is 13.5. The Kier molecular flexibility index (Phi) is 6.17. The Hall–Kier alpha value is -2.34. The van der Waals surface area contributed by atoms with Gasteiger partial charge in [0.25, 0.3) is 0 Å². The van der Waals surface area contributed by atoms with Gasteiger partial charge >= 0.3 is 0 Å². The van der Waals surface area contributed by atoms with E-state index in [-0.39, 0.29) is 11.8 Å². The Balaban J connectivity index is 1.87. The second-order valence-electron chi connectivity index (χ2n) is 5.28. The van der Waals surface area contributed by atoms with Gasteiger partial charge in [-0.1, -0.05) is 12.1 Å². The van der Waals surface area contributed by atoms with E-state index in [1.54, 1.807) is 25.0 Å². The number of methoxy groups -OCH3 is 1. The number of hydrogen-bond acceptors (Lipinski definition) is 4. The van der Waals surface area contributed by atoms with Crippen LogP contribution in [0.4, 0.5) is 0 Å². The minimum atomic E-state index is -0.560. The van der Waals surface area contributed by atoms with Crippen molar-refractivity contribution in [1.82, 2.24) is 10.2 Å². The number of carbonyl (C=O) groups is 2. The fraction of sp³-hybridized carbons (Fsp3) is 0.412. The first-order valence-electron chi connectivity index (χ1n) is 7.59. The Labute approximate surface area is 136 Å². The first kappa shape index (κ1) is 17.0. The van der Waals surface area contributed by atoms with Gasteiger partial charge in [0.15, 0.2) is 0 Å². The van der Waals surface area contributed by atoms with Gasteiger partial charge in [0.2, 0.25) is 11.8 Å². The number of carbonyl (C=O) groups excluding carboxylic acids is 2. The van der Waals surface area contributed by atoms with Crippen molar-refractivity contribution >= 4 is 17.9 Å². The first-order valence-corrected chi connectivity index (χ1v) is 7.59. The van der Waals surface area contributed by atoms with Crippen molar-refractivity contribution in [3.05, 3.63) is 35.9 Å². The summed E-state index contributed by atoms with van der Waals surface area (Å²) in [6, 6.07) is 6.82. The van der Waals surface area contributed by atoms with E-state index in [4.69, 9.17) is 9.47 Å². The molecule has 0 aliphatic carbocycles. The minimum absolute atomic E-state index is 0.0866. The highest BCUT2D eigenvalue weighted by molar-refractivity contribution is 5.95. The molecule has 1 aliphatic rings. The molecule has 6 heteroatoms. The molecule has 0 radical (unpaired) electrons. The van der Waals surface area contributed by atoms with Crippen LogP contribution in [0.25, 0.3) is 6.08 Å². The lowest BCUT2D eigenvalue weighted by atomic mass is 10.2. The molecule has 2 amide bonds. The van der Waals surface area contributed by atoms with E-state index in [1.165, 1.54) is 6.08 Å². The van der Waals surface area contributed by atoms with Crippen LogP contribution in [0.5, 0.6) is 5.75 Å². The van der Waals surface area contributed by atoms with E-state index in [2.05, 4.69) is 5.32 Å². The summed E-state index contributed by atoms with van der Waals surface area (Å²) in [5, 5.41) is 2.69. The third kappa shape index (κ3) is 5.10. The van der Waals surface area contributed by atoms with Gasteiger partial charge in [0.1, 0.15) is 11.8 Å². The van der Waals surface area contributed by atoms with E-state index in [0.29, 0.717) is 26.3 Å². The summed E-state index contributed by atoms with van der Waals surface area (Å²) in [5.74, 6) is 0.335. The van der Waals surface area contributed by atoms with Crippen LogP contribution in [0.15, 0.2) is 30.3 Å². The van der Waals surface area contributed by atoms with Crippen molar-refractivity contribution in [3.8, 4) is 5.75 Å². The minimum Gasteiger partial charge on any atom is -0.497 e. The van der Waals surface area contributed by atoms with Crippen molar-refractivity contribution in [2.24, 2.45) is 0 Å². The fourth-order valence-electron chi connectivity index (χ4n) is 2.30. The monoisotopic (exact) mass is 318 g/mol. The van der Waals surface area contributed by atoms with Crippen LogP contribution >= 0.6 is 0 Å². The molecule has 1 atom stereocenters.